The van der Waals surface area contributed by atoms with Gasteiger partial charge in [-0.2, -0.15) is 0 Å². The second-order valence-electron chi connectivity index (χ2n) is 10.8. The third-order valence-corrected chi connectivity index (χ3v) is 8.78. The van der Waals surface area contributed by atoms with Gasteiger partial charge in [0, 0.05) is 0 Å². The summed E-state index contributed by atoms with van der Waals surface area (Å²) in [5.41, 5.74) is 7.66. The zero-order chi connectivity index (χ0) is 20.9. The smallest absolute Gasteiger partial charge is 0.0583 e. The van der Waals surface area contributed by atoms with Gasteiger partial charge in [-0.15, -0.1) is 0 Å². The molecule has 1 N–H and O–H groups in total. The summed E-state index contributed by atoms with van der Waals surface area (Å²) >= 11 is 0. The van der Waals surface area contributed by atoms with E-state index >= 15 is 0 Å². The van der Waals surface area contributed by atoms with Crippen molar-refractivity contribution in [3.63, 3.8) is 0 Å². The Balaban J connectivity index is 1.65. The monoisotopic (exact) mass is 392 g/mol. The van der Waals surface area contributed by atoms with Gasteiger partial charge >= 0.3 is 0 Å². The van der Waals surface area contributed by atoms with Crippen LogP contribution in [0.5, 0.6) is 0 Å². The number of allylic oxidation sites excluding steroid dienone is 3. The van der Waals surface area contributed by atoms with E-state index in [2.05, 4.69) is 71.9 Å². The SMILES string of the molecule is Cc1c2c(cc3c1CC(O)CC3)C1CCC(C(C)C=CC(C)C(C)C)C1(C)C=C2. The maximum atomic E-state index is 10.2. The molecule has 1 aromatic rings. The number of rotatable bonds is 4. The molecule has 6 unspecified atom stereocenters. The fraction of sp³-hybridized carbons (Fsp3) is 0.643. The first kappa shape index (κ1) is 20.9. The van der Waals surface area contributed by atoms with Crippen LogP contribution in [-0.2, 0) is 12.8 Å². The summed E-state index contributed by atoms with van der Waals surface area (Å²) < 4.78 is 0. The van der Waals surface area contributed by atoms with Crippen molar-refractivity contribution < 1.29 is 5.11 Å². The molecule has 1 aromatic carbocycles. The van der Waals surface area contributed by atoms with Crippen LogP contribution in [0.4, 0.5) is 0 Å². The van der Waals surface area contributed by atoms with Crippen LogP contribution in [0.15, 0.2) is 24.3 Å². The largest absolute Gasteiger partial charge is 0.393 e. The Morgan fingerprint density at radius 1 is 1.10 bits per heavy atom. The van der Waals surface area contributed by atoms with Crippen LogP contribution in [-0.4, -0.2) is 11.2 Å². The number of aryl methyl sites for hydroxylation is 1. The van der Waals surface area contributed by atoms with E-state index in [9.17, 15) is 5.11 Å². The first-order chi connectivity index (χ1) is 13.7. The Bertz CT molecular complexity index is 829. The minimum atomic E-state index is -0.159. The van der Waals surface area contributed by atoms with E-state index in [1.54, 1.807) is 5.56 Å². The van der Waals surface area contributed by atoms with Crippen LogP contribution in [0.1, 0.15) is 87.6 Å². The van der Waals surface area contributed by atoms with Gasteiger partial charge in [0.25, 0.3) is 0 Å². The molecule has 29 heavy (non-hydrogen) atoms. The molecule has 3 aliphatic carbocycles. The predicted octanol–water partition coefficient (Wildman–Crippen LogP) is 6.86. The molecule has 0 saturated heterocycles. The topological polar surface area (TPSA) is 20.2 Å². The highest BCUT2D eigenvalue weighted by Crippen LogP contribution is 2.60. The summed E-state index contributed by atoms with van der Waals surface area (Å²) in [5.74, 6) is 3.33. The average Bonchev–Trinajstić information content (AvgIpc) is 3.04. The Hall–Kier alpha value is -1.34. The van der Waals surface area contributed by atoms with Crippen molar-refractivity contribution in [3.05, 3.63) is 52.1 Å². The van der Waals surface area contributed by atoms with E-state index < -0.39 is 0 Å². The molecule has 0 spiro atoms. The number of fused-ring (bicyclic) bond motifs is 4. The summed E-state index contributed by atoms with van der Waals surface area (Å²) in [7, 11) is 0. The van der Waals surface area contributed by atoms with E-state index in [1.165, 1.54) is 35.1 Å². The maximum absolute atomic E-state index is 10.2. The minimum absolute atomic E-state index is 0.159. The average molecular weight is 393 g/mol. The van der Waals surface area contributed by atoms with Crippen molar-refractivity contribution >= 4 is 6.08 Å². The van der Waals surface area contributed by atoms with Crippen LogP contribution in [0.3, 0.4) is 0 Å². The quantitative estimate of drug-likeness (QED) is 0.555. The third-order valence-electron chi connectivity index (χ3n) is 8.78. The molecule has 1 saturated carbocycles. The molecule has 1 nitrogen and oxygen atoms in total. The van der Waals surface area contributed by atoms with Gasteiger partial charge in [-0.3, -0.25) is 0 Å². The van der Waals surface area contributed by atoms with Crippen molar-refractivity contribution in [1.29, 1.82) is 0 Å². The third kappa shape index (κ3) is 3.54. The molecule has 1 fully saturated rings. The highest BCUT2D eigenvalue weighted by molar-refractivity contribution is 5.67. The summed E-state index contributed by atoms with van der Waals surface area (Å²) in [6.07, 6.45) is 15.2. The van der Waals surface area contributed by atoms with Crippen molar-refractivity contribution in [1.82, 2.24) is 0 Å². The van der Waals surface area contributed by atoms with Gasteiger partial charge in [0.05, 0.1) is 6.10 Å². The number of aliphatic hydroxyl groups excluding tert-OH is 1. The van der Waals surface area contributed by atoms with E-state index in [4.69, 9.17) is 0 Å². The lowest BCUT2D eigenvalue weighted by Crippen LogP contribution is -2.32. The van der Waals surface area contributed by atoms with Gasteiger partial charge < -0.3 is 5.11 Å². The molecule has 4 rings (SSSR count). The number of aliphatic hydroxyl groups is 1. The molecule has 0 aromatic heterocycles. The van der Waals surface area contributed by atoms with Crippen LogP contribution >= 0.6 is 0 Å². The highest BCUT2D eigenvalue weighted by atomic mass is 16.3. The zero-order valence-electron chi connectivity index (χ0n) is 19.3. The second-order valence-corrected chi connectivity index (χ2v) is 10.8. The number of hydrogen-bond donors (Lipinski definition) is 1. The van der Waals surface area contributed by atoms with Crippen LogP contribution in [0, 0.1) is 36.0 Å². The number of hydrogen-bond acceptors (Lipinski definition) is 1. The fourth-order valence-electron chi connectivity index (χ4n) is 6.41. The van der Waals surface area contributed by atoms with Crippen molar-refractivity contribution in [2.45, 2.75) is 85.7 Å². The molecule has 0 amide bonds. The number of benzene rings is 1. The van der Waals surface area contributed by atoms with E-state index in [0.717, 1.165) is 19.3 Å². The first-order valence-electron chi connectivity index (χ1n) is 11.9. The van der Waals surface area contributed by atoms with Gasteiger partial charge in [0.2, 0.25) is 0 Å². The molecule has 158 valence electrons. The van der Waals surface area contributed by atoms with Crippen molar-refractivity contribution in [2.24, 2.45) is 29.1 Å². The van der Waals surface area contributed by atoms with Gasteiger partial charge in [0.15, 0.2) is 0 Å². The summed E-state index contributed by atoms with van der Waals surface area (Å²) in [4.78, 5) is 0. The van der Waals surface area contributed by atoms with E-state index in [-0.39, 0.29) is 11.5 Å². The highest BCUT2D eigenvalue weighted by Gasteiger charge is 2.49. The van der Waals surface area contributed by atoms with Gasteiger partial charge in [-0.05, 0) is 102 Å². The molecule has 1 heteroatoms. The molecule has 0 bridgehead atoms. The van der Waals surface area contributed by atoms with E-state index in [1.807, 2.05) is 0 Å². The molecular weight excluding hydrogens is 352 g/mol. The minimum Gasteiger partial charge on any atom is -0.393 e. The fourth-order valence-corrected chi connectivity index (χ4v) is 6.41. The van der Waals surface area contributed by atoms with Gasteiger partial charge in [0.1, 0.15) is 0 Å². The van der Waals surface area contributed by atoms with Crippen LogP contribution < -0.4 is 0 Å². The Morgan fingerprint density at radius 2 is 1.86 bits per heavy atom. The summed E-state index contributed by atoms with van der Waals surface area (Å²) in [6.45, 7) is 14.2. The van der Waals surface area contributed by atoms with Crippen molar-refractivity contribution in [3.8, 4) is 0 Å². The van der Waals surface area contributed by atoms with Crippen LogP contribution in [0.25, 0.3) is 6.08 Å². The predicted molar refractivity (Wildman–Crippen MR) is 124 cm³/mol. The Labute approximate surface area is 178 Å². The molecule has 0 aliphatic heterocycles. The Kier molecular flexibility index (Phi) is 5.57. The van der Waals surface area contributed by atoms with Crippen molar-refractivity contribution in [2.75, 3.05) is 0 Å². The zero-order valence-corrected chi connectivity index (χ0v) is 19.3. The summed E-state index contributed by atoms with van der Waals surface area (Å²) in [5, 5.41) is 10.2. The van der Waals surface area contributed by atoms with Crippen LogP contribution in [0.2, 0.25) is 0 Å². The maximum Gasteiger partial charge on any atom is 0.0583 e. The molecule has 0 heterocycles. The molecular formula is C28H40O. The van der Waals surface area contributed by atoms with Gasteiger partial charge in [-0.25, -0.2) is 0 Å². The van der Waals surface area contributed by atoms with E-state index in [0.29, 0.717) is 29.6 Å². The Morgan fingerprint density at radius 3 is 2.59 bits per heavy atom. The first-order valence-corrected chi connectivity index (χ1v) is 11.9. The van der Waals surface area contributed by atoms with Gasteiger partial charge in [-0.1, -0.05) is 65.0 Å². The normalized spacial score (nSPS) is 32.9. The second kappa shape index (κ2) is 7.73. The molecule has 6 atom stereocenters. The summed E-state index contributed by atoms with van der Waals surface area (Å²) in [6, 6.07) is 2.53. The molecule has 0 radical (unpaired) electrons. The lowest BCUT2D eigenvalue weighted by molar-refractivity contribution is 0.158. The standard InChI is InChI=1S/C28H40O/c1-17(2)18(3)7-8-19(4)26-11-12-27-25-15-21-9-10-22(29)16-24(21)20(5)23(25)13-14-28(26,27)6/h7-8,13-15,17-19,22,26-27,29H,9-12,16H2,1-6H3. The lowest BCUT2D eigenvalue weighted by Gasteiger charge is -2.41. The molecule has 3 aliphatic rings. The lowest BCUT2D eigenvalue weighted by atomic mass is 9.63.